The van der Waals surface area contributed by atoms with E-state index in [0.29, 0.717) is 12.8 Å². The Bertz CT molecular complexity index is 244. The van der Waals surface area contributed by atoms with Crippen LogP contribution in [0.1, 0.15) is 25.7 Å². The molecule has 0 unspecified atom stereocenters. The van der Waals surface area contributed by atoms with Crippen LogP contribution in [0.25, 0.3) is 0 Å². The molecule has 1 heterocycles. The summed E-state index contributed by atoms with van der Waals surface area (Å²) in [6, 6.07) is 0. The number of amides is 1. The van der Waals surface area contributed by atoms with Gasteiger partial charge in [-0.25, -0.2) is 0 Å². The van der Waals surface area contributed by atoms with Crippen LogP contribution in [0.3, 0.4) is 0 Å². The maximum absolute atomic E-state index is 11.7. The zero-order valence-electron chi connectivity index (χ0n) is 8.35. The summed E-state index contributed by atoms with van der Waals surface area (Å²) in [5, 5.41) is 9.55. The molecule has 0 aromatic carbocycles. The molecule has 3 nitrogen and oxygen atoms in total. The molecule has 1 aliphatic carbocycles. The predicted molar refractivity (Wildman–Crippen MR) is 53.7 cm³/mol. The molecule has 0 aromatic heterocycles. The third-order valence-corrected chi connectivity index (χ3v) is 3.12. The summed E-state index contributed by atoms with van der Waals surface area (Å²) in [6.45, 7) is 1.82. The lowest BCUT2D eigenvalue weighted by Gasteiger charge is -2.19. The van der Waals surface area contributed by atoms with E-state index in [9.17, 15) is 9.90 Å². The molecule has 78 valence electrons. The van der Waals surface area contributed by atoms with Crippen molar-refractivity contribution in [2.75, 3.05) is 13.1 Å². The number of carbonyl (C=O) groups excluding carboxylic acids is 1. The Morgan fingerprint density at radius 2 is 2.14 bits per heavy atom. The molecule has 2 aliphatic rings. The molecule has 1 fully saturated rings. The molecular weight excluding hydrogens is 178 g/mol. The van der Waals surface area contributed by atoms with Gasteiger partial charge in [0.25, 0.3) is 0 Å². The molecule has 3 heteroatoms. The lowest BCUT2D eigenvalue weighted by Crippen LogP contribution is -2.30. The molecule has 2 atom stereocenters. The summed E-state index contributed by atoms with van der Waals surface area (Å²) < 4.78 is 0. The van der Waals surface area contributed by atoms with Gasteiger partial charge < -0.3 is 10.0 Å². The van der Waals surface area contributed by atoms with Crippen molar-refractivity contribution < 1.29 is 9.90 Å². The largest absolute Gasteiger partial charge is 0.392 e. The zero-order chi connectivity index (χ0) is 9.97. The minimum atomic E-state index is -0.332. The number of carbonyl (C=O) groups is 1. The van der Waals surface area contributed by atoms with Crippen LogP contribution in [-0.2, 0) is 4.79 Å². The van der Waals surface area contributed by atoms with Crippen molar-refractivity contribution in [1.29, 1.82) is 0 Å². The molecule has 1 N–H and O–H groups in total. The van der Waals surface area contributed by atoms with E-state index < -0.39 is 0 Å². The maximum Gasteiger partial charge on any atom is 0.223 e. The van der Waals surface area contributed by atoms with Gasteiger partial charge in [-0.05, 0) is 19.3 Å². The molecule has 1 saturated heterocycles. The highest BCUT2D eigenvalue weighted by atomic mass is 16.3. The lowest BCUT2D eigenvalue weighted by atomic mass is 10.0. The Morgan fingerprint density at radius 3 is 2.71 bits per heavy atom. The van der Waals surface area contributed by atoms with E-state index in [-0.39, 0.29) is 17.9 Å². The average Bonchev–Trinajstić information content (AvgIpc) is 2.77. The molecule has 0 aromatic rings. The summed E-state index contributed by atoms with van der Waals surface area (Å²) in [5.74, 6) is 0.265. The van der Waals surface area contributed by atoms with Crippen molar-refractivity contribution in [2.45, 2.75) is 31.8 Å². The standard InChI is InChI=1S/C11H17NO2/c13-10-5-3-4-9(10)8-11(14)12-6-1-2-7-12/h3-4,9-10,13H,1-2,5-8H2/t9-,10-/m0/s1. The first-order chi connectivity index (χ1) is 6.77. The molecule has 0 saturated carbocycles. The van der Waals surface area contributed by atoms with E-state index in [2.05, 4.69) is 0 Å². The smallest absolute Gasteiger partial charge is 0.223 e. The molecule has 2 rings (SSSR count). The number of rotatable bonds is 2. The van der Waals surface area contributed by atoms with E-state index in [4.69, 9.17) is 0 Å². The second-order valence-electron chi connectivity index (χ2n) is 4.19. The number of aliphatic hydroxyl groups is 1. The molecular formula is C11H17NO2. The van der Waals surface area contributed by atoms with Crippen molar-refractivity contribution >= 4 is 5.91 Å². The number of likely N-dealkylation sites (tertiary alicyclic amines) is 1. The number of nitrogens with zero attached hydrogens (tertiary/aromatic N) is 1. The Morgan fingerprint density at radius 1 is 1.43 bits per heavy atom. The molecule has 0 bridgehead atoms. The van der Waals surface area contributed by atoms with Gasteiger partial charge in [0, 0.05) is 25.4 Å². The van der Waals surface area contributed by atoms with Crippen LogP contribution in [0.2, 0.25) is 0 Å². The normalized spacial score (nSPS) is 31.4. The number of hydrogen-bond donors (Lipinski definition) is 1. The summed E-state index contributed by atoms with van der Waals surface area (Å²) in [4.78, 5) is 13.6. The van der Waals surface area contributed by atoms with Gasteiger partial charge in [0.1, 0.15) is 0 Å². The van der Waals surface area contributed by atoms with Gasteiger partial charge in [0.2, 0.25) is 5.91 Å². The van der Waals surface area contributed by atoms with Crippen molar-refractivity contribution in [1.82, 2.24) is 4.90 Å². The maximum atomic E-state index is 11.7. The third kappa shape index (κ3) is 1.98. The average molecular weight is 195 g/mol. The minimum Gasteiger partial charge on any atom is -0.392 e. The molecule has 0 radical (unpaired) electrons. The van der Waals surface area contributed by atoms with Gasteiger partial charge in [-0.1, -0.05) is 12.2 Å². The minimum absolute atomic E-state index is 0.0584. The van der Waals surface area contributed by atoms with Gasteiger partial charge in [0.15, 0.2) is 0 Å². The van der Waals surface area contributed by atoms with Crippen molar-refractivity contribution in [3.63, 3.8) is 0 Å². The highest BCUT2D eigenvalue weighted by Crippen LogP contribution is 2.23. The fourth-order valence-corrected chi connectivity index (χ4v) is 2.20. The van der Waals surface area contributed by atoms with E-state index in [1.807, 2.05) is 17.1 Å². The molecule has 0 spiro atoms. The summed E-state index contributed by atoms with van der Waals surface area (Å²) >= 11 is 0. The Balaban J connectivity index is 1.84. The van der Waals surface area contributed by atoms with Crippen LogP contribution < -0.4 is 0 Å². The highest BCUT2D eigenvalue weighted by molar-refractivity contribution is 5.77. The monoisotopic (exact) mass is 195 g/mol. The first kappa shape index (κ1) is 9.71. The van der Waals surface area contributed by atoms with Crippen LogP contribution in [0, 0.1) is 5.92 Å². The SMILES string of the molecule is O=C(C[C@@H]1C=CC[C@@H]1O)N1CCCC1. The van der Waals surface area contributed by atoms with Gasteiger partial charge in [-0.2, -0.15) is 0 Å². The van der Waals surface area contributed by atoms with Gasteiger partial charge >= 0.3 is 0 Å². The van der Waals surface area contributed by atoms with Crippen molar-refractivity contribution in [2.24, 2.45) is 5.92 Å². The number of hydrogen-bond acceptors (Lipinski definition) is 2. The fraction of sp³-hybridized carbons (Fsp3) is 0.727. The van der Waals surface area contributed by atoms with Crippen LogP contribution in [0.4, 0.5) is 0 Å². The summed E-state index contributed by atoms with van der Waals surface area (Å²) in [5.41, 5.74) is 0. The Kier molecular flexibility index (Phi) is 2.87. The lowest BCUT2D eigenvalue weighted by molar-refractivity contribution is -0.131. The van der Waals surface area contributed by atoms with Crippen LogP contribution in [-0.4, -0.2) is 35.1 Å². The van der Waals surface area contributed by atoms with Crippen LogP contribution >= 0.6 is 0 Å². The zero-order valence-corrected chi connectivity index (χ0v) is 8.35. The highest BCUT2D eigenvalue weighted by Gasteiger charge is 2.26. The predicted octanol–water partition coefficient (Wildman–Crippen LogP) is 0.936. The van der Waals surface area contributed by atoms with E-state index in [1.165, 1.54) is 0 Å². The summed E-state index contributed by atoms with van der Waals surface area (Å²) in [7, 11) is 0. The van der Waals surface area contributed by atoms with Gasteiger partial charge in [0.05, 0.1) is 6.10 Å². The number of aliphatic hydroxyl groups excluding tert-OH is 1. The molecule has 1 amide bonds. The molecule has 14 heavy (non-hydrogen) atoms. The molecule has 1 aliphatic heterocycles. The first-order valence-corrected chi connectivity index (χ1v) is 5.40. The van der Waals surface area contributed by atoms with E-state index >= 15 is 0 Å². The summed E-state index contributed by atoms with van der Waals surface area (Å²) in [6.07, 6.45) is 7.06. The quantitative estimate of drug-likeness (QED) is 0.666. The second-order valence-corrected chi connectivity index (χ2v) is 4.19. The Hall–Kier alpha value is -0.830. The first-order valence-electron chi connectivity index (χ1n) is 5.40. The van der Waals surface area contributed by atoms with Crippen LogP contribution in [0.15, 0.2) is 12.2 Å². The Labute approximate surface area is 84.4 Å². The van der Waals surface area contributed by atoms with Gasteiger partial charge in [-0.3, -0.25) is 4.79 Å². The van der Waals surface area contributed by atoms with Crippen molar-refractivity contribution in [3.05, 3.63) is 12.2 Å². The van der Waals surface area contributed by atoms with E-state index in [0.717, 1.165) is 25.9 Å². The third-order valence-electron chi connectivity index (χ3n) is 3.12. The van der Waals surface area contributed by atoms with E-state index in [1.54, 1.807) is 0 Å². The fourth-order valence-electron chi connectivity index (χ4n) is 2.20. The van der Waals surface area contributed by atoms with Crippen molar-refractivity contribution in [3.8, 4) is 0 Å². The second kappa shape index (κ2) is 4.13. The van der Waals surface area contributed by atoms with Crippen LogP contribution in [0.5, 0.6) is 0 Å². The van der Waals surface area contributed by atoms with Gasteiger partial charge in [-0.15, -0.1) is 0 Å². The topological polar surface area (TPSA) is 40.5 Å².